The van der Waals surface area contributed by atoms with Gasteiger partial charge < -0.3 is 10.2 Å². The summed E-state index contributed by atoms with van der Waals surface area (Å²) in [6, 6.07) is 5.39. The molecule has 1 aromatic carbocycles. The fourth-order valence-electron chi connectivity index (χ4n) is 3.53. The number of hydrogen-bond acceptors (Lipinski definition) is 7. The summed E-state index contributed by atoms with van der Waals surface area (Å²) in [5, 5.41) is 17.3. The summed E-state index contributed by atoms with van der Waals surface area (Å²) in [4.78, 5) is 62.7. The smallest absolute Gasteiger partial charge is 0.317 e. The molecule has 0 bridgehead atoms. The Morgan fingerprint density at radius 2 is 1.61 bits per heavy atom. The minimum atomic E-state index is -0.989. The third-order valence-corrected chi connectivity index (χ3v) is 5.20. The lowest BCUT2D eigenvalue weighted by Gasteiger charge is -2.34. The number of piperidine rings is 1. The molecule has 0 saturated carbocycles. The van der Waals surface area contributed by atoms with Crippen LogP contribution < -0.4 is 0 Å². The van der Waals surface area contributed by atoms with Crippen LogP contribution in [0.4, 0.5) is 0 Å². The van der Waals surface area contributed by atoms with Crippen LogP contribution in [0.1, 0.15) is 47.4 Å². The molecular formula is C21H27N3O7. The van der Waals surface area contributed by atoms with Crippen LogP contribution in [-0.4, -0.2) is 93.3 Å². The number of aliphatic hydroxyl groups excluding tert-OH is 1. The molecule has 10 heteroatoms. The van der Waals surface area contributed by atoms with E-state index in [0.717, 1.165) is 22.9 Å². The number of aliphatic hydroxyl groups is 1. The number of hydrogen-bond donors (Lipinski definition) is 2. The largest absolute Gasteiger partial charge is 0.480 e. The third-order valence-electron chi connectivity index (χ3n) is 5.20. The highest BCUT2D eigenvalue weighted by molar-refractivity contribution is 6.23. The number of amides is 4. The maximum atomic E-state index is 12.4. The fourth-order valence-corrected chi connectivity index (χ4v) is 3.53. The number of carboxylic acid groups (broad SMARTS) is 1. The van der Waals surface area contributed by atoms with Crippen molar-refractivity contribution in [2.45, 2.75) is 32.7 Å². The average molecular weight is 433 g/mol. The number of nitrogens with zero attached hydrogens (tertiary/aromatic N) is 3. The highest BCUT2D eigenvalue weighted by atomic mass is 16.4. The van der Waals surface area contributed by atoms with Crippen LogP contribution in [0.5, 0.6) is 0 Å². The van der Waals surface area contributed by atoms with Crippen molar-refractivity contribution in [2.75, 3.05) is 32.8 Å². The van der Waals surface area contributed by atoms with Crippen molar-refractivity contribution in [1.29, 1.82) is 0 Å². The Labute approximate surface area is 180 Å². The van der Waals surface area contributed by atoms with Gasteiger partial charge >= 0.3 is 5.97 Å². The number of imide groups is 2. The minimum Gasteiger partial charge on any atom is -0.480 e. The molecular weight excluding hydrogens is 406 g/mol. The van der Waals surface area contributed by atoms with E-state index in [1.807, 2.05) is 18.7 Å². The molecule has 0 radical (unpaired) electrons. The highest BCUT2D eigenvalue weighted by Gasteiger charge is 2.46. The van der Waals surface area contributed by atoms with Gasteiger partial charge in [-0.15, -0.1) is 0 Å². The maximum absolute atomic E-state index is 12.4. The second-order valence-corrected chi connectivity index (χ2v) is 7.04. The summed E-state index contributed by atoms with van der Waals surface area (Å²) in [5.74, 6) is -2.79. The van der Waals surface area contributed by atoms with Gasteiger partial charge in [0.15, 0.2) is 0 Å². The van der Waals surface area contributed by atoms with E-state index < -0.39 is 35.6 Å². The van der Waals surface area contributed by atoms with Gasteiger partial charge in [0.2, 0.25) is 5.91 Å². The Balaban J connectivity index is 0.000000323. The Hall–Kier alpha value is -3.11. The molecule has 2 N–H and O–H groups in total. The first-order valence-corrected chi connectivity index (χ1v) is 10.1. The number of carbonyl (C=O) groups is 5. The molecule has 0 aliphatic carbocycles. The number of rotatable bonds is 7. The first-order chi connectivity index (χ1) is 14.8. The van der Waals surface area contributed by atoms with Gasteiger partial charge in [-0.3, -0.25) is 38.7 Å². The zero-order valence-electron chi connectivity index (χ0n) is 17.6. The molecule has 1 atom stereocenters. The van der Waals surface area contributed by atoms with E-state index in [0.29, 0.717) is 0 Å². The Kier molecular flexibility index (Phi) is 8.40. The van der Waals surface area contributed by atoms with Gasteiger partial charge in [-0.1, -0.05) is 26.0 Å². The quantitative estimate of drug-likeness (QED) is 0.583. The van der Waals surface area contributed by atoms with Gasteiger partial charge in [0.25, 0.3) is 17.7 Å². The first kappa shape index (κ1) is 24.2. The van der Waals surface area contributed by atoms with Crippen LogP contribution >= 0.6 is 0 Å². The summed E-state index contributed by atoms with van der Waals surface area (Å²) in [5.41, 5.74) is 0.539. The number of β-amino-alcohol motifs (C(OH)–C–C–N with tert-alkyl or cyclic N) is 1. The zero-order chi connectivity index (χ0) is 23.1. The van der Waals surface area contributed by atoms with Crippen LogP contribution in [0.3, 0.4) is 0 Å². The topological polar surface area (TPSA) is 136 Å². The van der Waals surface area contributed by atoms with Crippen molar-refractivity contribution in [3.05, 3.63) is 35.4 Å². The number of fused-ring (bicyclic) bond motifs is 1. The summed E-state index contributed by atoms with van der Waals surface area (Å²) in [7, 11) is 0. The second-order valence-electron chi connectivity index (χ2n) is 7.04. The molecule has 0 aromatic heterocycles. The van der Waals surface area contributed by atoms with Gasteiger partial charge in [-0.25, -0.2) is 0 Å². The van der Waals surface area contributed by atoms with Crippen molar-refractivity contribution in [1.82, 2.24) is 14.7 Å². The maximum Gasteiger partial charge on any atom is 0.317 e. The summed E-state index contributed by atoms with van der Waals surface area (Å²) in [6.45, 7) is 5.20. The highest BCUT2D eigenvalue weighted by Crippen LogP contribution is 2.28. The number of benzene rings is 1. The van der Waals surface area contributed by atoms with Gasteiger partial charge in [0.1, 0.15) is 6.04 Å². The molecule has 1 unspecified atom stereocenters. The minimum absolute atomic E-state index is 0.0593. The third kappa shape index (κ3) is 5.33. The molecule has 2 aliphatic rings. The molecule has 3 rings (SSSR count). The van der Waals surface area contributed by atoms with Gasteiger partial charge in [0.05, 0.1) is 30.8 Å². The standard InChI is InChI=1S/C15H14N2O5.C6H13NO2/c18-8-7-16-12(19)6-5-11(15(16)22)17-13(20)9-3-1-2-4-10(9)14(17)21;1-3-7(4-2)5-6(8)9/h1-4,11,18H,5-8H2;3-5H2,1-2H3,(H,8,9). The molecule has 31 heavy (non-hydrogen) atoms. The lowest BCUT2D eigenvalue weighted by molar-refractivity contribution is -0.152. The van der Waals surface area contributed by atoms with E-state index in [4.69, 9.17) is 10.2 Å². The monoisotopic (exact) mass is 433 g/mol. The number of likely N-dealkylation sites (N-methyl/N-ethyl adjacent to an activating group) is 1. The zero-order valence-corrected chi connectivity index (χ0v) is 17.6. The molecule has 2 heterocycles. The van der Waals surface area contributed by atoms with Crippen LogP contribution in [0.25, 0.3) is 0 Å². The van der Waals surface area contributed by atoms with E-state index >= 15 is 0 Å². The number of likely N-dealkylation sites (tertiary alicyclic amines) is 1. The van der Waals surface area contributed by atoms with Gasteiger partial charge in [-0.05, 0) is 31.6 Å². The summed E-state index contributed by atoms with van der Waals surface area (Å²) < 4.78 is 0. The molecule has 10 nitrogen and oxygen atoms in total. The van der Waals surface area contributed by atoms with Crippen molar-refractivity contribution >= 4 is 29.6 Å². The lowest BCUT2D eigenvalue weighted by Crippen LogP contribution is -2.56. The molecule has 1 fully saturated rings. The van der Waals surface area contributed by atoms with Crippen LogP contribution in [-0.2, 0) is 14.4 Å². The lowest BCUT2D eigenvalue weighted by atomic mass is 10.0. The molecule has 0 spiro atoms. The van der Waals surface area contributed by atoms with E-state index in [-0.39, 0.29) is 43.7 Å². The van der Waals surface area contributed by atoms with E-state index in [1.54, 1.807) is 24.3 Å². The van der Waals surface area contributed by atoms with Crippen LogP contribution in [0.15, 0.2) is 24.3 Å². The molecule has 1 saturated heterocycles. The summed E-state index contributed by atoms with van der Waals surface area (Å²) in [6.07, 6.45) is 0.175. The SMILES string of the molecule is CCN(CC)CC(=O)O.O=C1CCC(N2C(=O)c3ccccc3C2=O)C(=O)N1CCO. The van der Waals surface area contributed by atoms with Gasteiger partial charge in [-0.2, -0.15) is 0 Å². The Bertz CT molecular complexity index is 831. The van der Waals surface area contributed by atoms with E-state index in [1.165, 1.54) is 0 Å². The normalized spacial score (nSPS) is 18.3. The summed E-state index contributed by atoms with van der Waals surface area (Å²) >= 11 is 0. The average Bonchev–Trinajstić information content (AvgIpc) is 3.00. The van der Waals surface area contributed by atoms with Gasteiger partial charge in [0, 0.05) is 6.42 Å². The number of carboxylic acids is 1. The fraction of sp³-hybridized carbons (Fsp3) is 0.476. The van der Waals surface area contributed by atoms with E-state index in [9.17, 15) is 24.0 Å². The predicted molar refractivity (Wildman–Crippen MR) is 109 cm³/mol. The van der Waals surface area contributed by atoms with Crippen molar-refractivity contribution in [3.63, 3.8) is 0 Å². The molecule has 4 amide bonds. The number of carbonyl (C=O) groups excluding carboxylic acids is 4. The van der Waals surface area contributed by atoms with Crippen molar-refractivity contribution in [3.8, 4) is 0 Å². The number of aliphatic carboxylic acids is 1. The Morgan fingerprint density at radius 1 is 1.06 bits per heavy atom. The second kappa shape index (κ2) is 10.8. The predicted octanol–water partition coefficient (Wildman–Crippen LogP) is 0.205. The van der Waals surface area contributed by atoms with Crippen LogP contribution in [0, 0.1) is 0 Å². The van der Waals surface area contributed by atoms with Crippen molar-refractivity contribution in [2.24, 2.45) is 0 Å². The van der Waals surface area contributed by atoms with Crippen molar-refractivity contribution < 1.29 is 34.2 Å². The van der Waals surface area contributed by atoms with Crippen LogP contribution in [0.2, 0.25) is 0 Å². The molecule has 1 aromatic rings. The Morgan fingerprint density at radius 3 is 2.03 bits per heavy atom. The molecule has 2 aliphatic heterocycles. The molecule has 168 valence electrons. The van der Waals surface area contributed by atoms with E-state index in [2.05, 4.69) is 0 Å². The first-order valence-electron chi connectivity index (χ1n) is 10.1.